The van der Waals surface area contributed by atoms with Crippen LogP contribution in [-0.4, -0.2) is 23.0 Å². The number of hydrogen-bond donors (Lipinski definition) is 1. The van der Waals surface area contributed by atoms with E-state index in [9.17, 15) is 4.79 Å². The van der Waals surface area contributed by atoms with Crippen LogP contribution in [0.3, 0.4) is 0 Å². The normalized spacial score (nSPS) is 21.5. The third-order valence-corrected chi connectivity index (χ3v) is 4.65. The number of esters is 1. The second-order valence-electron chi connectivity index (χ2n) is 6.21. The lowest BCUT2D eigenvalue weighted by molar-refractivity contribution is 0.0598. The highest BCUT2D eigenvalue weighted by molar-refractivity contribution is 7.71. The summed E-state index contributed by atoms with van der Waals surface area (Å²) in [5.74, 6) is 0.846. The van der Waals surface area contributed by atoms with Gasteiger partial charge in [-0.15, -0.1) is 0 Å². The number of aryl methyl sites for hydroxylation is 1. The van der Waals surface area contributed by atoms with Crippen LogP contribution >= 0.6 is 12.2 Å². The van der Waals surface area contributed by atoms with Gasteiger partial charge >= 0.3 is 5.97 Å². The Balaban J connectivity index is 2.45. The molecule has 1 aliphatic rings. The van der Waals surface area contributed by atoms with E-state index in [0.717, 1.165) is 17.9 Å². The first-order valence-corrected chi connectivity index (χ1v) is 7.47. The summed E-state index contributed by atoms with van der Waals surface area (Å²) in [6.45, 7) is 6.40. The number of aromatic amines is 1. The molecule has 1 heterocycles. The Hall–Kier alpha value is -1.23. The number of carbonyl (C=O) groups is 1. The molecule has 1 unspecified atom stereocenters. The van der Waals surface area contributed by atoms with Crippen molar-refractivity contribution < 1.29 is 9.53 Å². The molecule has 1 N–H and O–H groups in total. The maximum atomic E-state index is 11.7. The van der Waals surface area contributed by atoms with Crippen molar-refractivity contribution in [2.45, 2.75) is 52.4 Å². The van der Waals surface area contributed by atoms with E-state index in [4.69, 9.17) is 17.0 Å². The number of rotatable bonds is 2. The van der Waals surface area contributed by atoms with Gasteiger partial charge in [0.15, 0.2) is 0 Å². The zero-order chi connectivity index (χ0) is 14.9. The second-order valence-corrected chi connectivity index (χ2v) is 6.59. The number of carbonyl (C=O) groups excluding carboxylic acids is 1. The van der Waals surface area contributed by atoms with E-state index >= 15 is 0 Å². The smallest absolute Gasteiger partial charge is 0.342 e. The Morgan fingerprint density at radius 1 is 1.45 bits per heavy atom. The predicted octanol–water partition coefficient (Wildman–Crippen LogP) is 3.92. The standard InChI is InChI=1S/C15H22N2O2S/c1-9-11(14(18)19-4)13(20)17-12(16-9)10-7-5-6-8-15(10,2)3/h10H,5-8H2,1-4H3,(H,16,17,20). The summed E-state index contributed by atoms with van der Waals surface area (Å²) in [5, 5.41) is 0. The zero-order valence-corrected chi connectivity index (χ0v) is 13.4. The van der Waals surface area contributed by atoms with E-state index in [1.54, 1.807) is 0 Å². The van der Waals surface area contributed by atoms with Crippen LogP contribution in [0.1, 0.15) is 67.3 Å². The van der Waals surface area contributed by atoms with Crippen molar-refractivity contribution in [2.75, 3.05) is 7.11 Å². The van der Waals surface area contributed by atoms with Crippen LogP contribution in [0.4, 0.5) is 0 Å². The van der Waals surface area contributed by atoms with Gasteiger partial charge in [0.2, 0.25) is 0 Å². The molecule has 0 saturated heterocycles. The SMILES string of the molecule is COC(=O)c1c(C)[nH]c(C2CCCCC2(C)C)nc1=S. The van der Waals surface area contributed by atoms with Crippen molar-refractivity contribution in [3.8, 4) is 0 Å². The molecule has 4 nitrogen and oxygen atoms in total. The zero-order valence-electron chi connectivity index (χ0n) is 12.6. The molecule has 0 aliphatic heterocycles. The highest BCUT2D eigenvalue weighted by Crippen LogP contribution is 2.45. The number of nitrogens with zero attached hydrogens (tertiary/aromatic N) is 1. The maximum Gasteiger partial charge on any atom is 0.342 e. The van der Waals surface area contributed by atoms with E-state index in [0.29, 0.717) is 16.1 Å². The minimum Gasteiger partial charge on any atom is -0.465 e. The third-order valence-electron chi connectivity index (χ3n) is 4.35. The lowest BCUT2D eigenvalue weighted by atomic mass is 9.68. The summed E-state index contributed by atoms with van der Waals surface area (Å²) < 4.78 is 5.10. The van der Waals surface area contributed by atoms with Crippen molar-refractivity contribution in [1.82, 2.24) is 9.97 Å². The first kappa shape index (κ1) is 15.2. The van der Waals surface area contributed by atoms with Crippen LogP contribution in [0.25, 0.3) is 0 Å². The van der Waals surface area contributed by atoms with Crippen LogP contribution in [0.2, 0.25) is 0 Å². The summed E-state index contributed by atoms with van der Waals surface area (Å²) in [6, 6.07) is 0. The largest absolute Gasteiger partial charge is 0.465 e. The van der Waals surface area contributed by atoms with Gasteiger partial charge in [-0.3, -0.25) is 0 Å². The molecular formula is C15H22N2O2S. The molecule has 1 fully saturated rings. The summed E-state index contributed by atoms with van der Waals surface area (Å²) in [7, 11) is 1.36. The molecule has 1 aromatic rings. The van der Waals surface area contributed by atoms with Crippen molar-refractivity contribution in [1.29, 1.82) is 0 Å². The van der Waals surface area contributed by atoms with Crippen molar-refractivity contribution >= 4 is 18.2 Å². The van der Waals surface area contributed by atoms with Crippen LogP contribution in [0.5, 0.6) is 0 Å². The predicted molar refractivity (Wildman–Crippen MR) is 80.5 cm³/mol. The Labute approximate surface area is 125 Å². The van der Waals surface area contributed by atoms with E-state index < -0.39 is 5.97 Å². The molecule has 5 heteroatoms. The van der Waals surface area contributed by atoms with Gasteiger partial charge in [-0.25, -0.2) is 9.78 Å². The molecule has 1 aliphatic carbocycles. The molecule has 1 saturated carbocycles. The maximum absolute atomic E-state index is 11.7. The van der Waals surface area contributed by atoms with Crippen molar-refractivity contribution in [2.24, 2.45) is 5.41 Å². The average Bonchev–Trinajstić information content (AvgIpc) is 2.36. The Morgan fingerprint density at radius 2 is 2.15 bits per heavy atom. The summed E-state index contributed by atoms with van der Waals surface area (Å²) in [4.78, 5) is 19.5. The molecule has 0 aromatic carbocycles. The van der Waals surface area contributed by atoms with Gasteiger partial charge in [-0.1, -0.05) is 38.9 Å². The molecule has 0 radical (unpaired) electrons. The van der Waals surface area contributed by atoms with Crippen molar-refractivity contribution in [3.63, 3.8) is 0 Å². The van der Waals surface area contributed by atoms with Gasteiger partial charge in [0.25, 0.3) is 0 Å². The van der Waals surface area contributed by atoms with Gasteiger partial charge in [0.1, 0.15) is 16.0 Å². The van der Waals surface area contributed by atoms with Gasteiger partial charge in [0.05, 0.1) is 7.11 Å². The second kappa shape index (κ2) is 5.64. The van der Waals surface area contributed by atoms with Gasteiger partial charge in [-0.2, -0.15) is 0 Å². The Morgan fingerprint density at radius 3 is 2.70 bits per heavy atom. The Bertz CT molecular complexity index is 578. The summed E-state index contributed by atoms with van der Waals surface area (Å²) >= 11 is 5.28. The fraction of sp³-hybridized carbons (Fsp3) is 0.667. The monoisotopic (exact) mass is 294 g/mol. The topological polar surface area (TPSA) is 55.0 Å². The molecule has 0 spiro atoms. The van der Waals surface area contributed by atoms with Crippen LogP contribution in [0.15, 0.2) is 0 Å². The molecule has 0 amide bonds. The summed E-state index contributed by atoms with van der Waals surface area (Å²) in [6.07, 6.45) is 4.79. The van der Waals surface area contributed by atoms with Crippen LogP contribution in [0, 0.1) is 17.0 Å². The van der Waals surface area contributed by atoms with E-state index in [2.05, 4.69) is 23.8 Å². The lowest BCUT2D eigenvalue weighted by Gasteiger charge is -2.38. The first-order chi connectivity index (χ1) is 9.36. The number of H-pyrrole nitrogens is 1. The van der Waals surface area contributed by atoms with E-state index in [1.807, 2.05) is 6.92 Å². The fourth-order valence-electron chi connectivity index (χ4n) is 3.12. The molecule has 0 bridgehead atoms. The minimum absolute atomic E-state index is 0.211. The number of hydrogen-bond acceptors (Lipinski definition) is 4. The van der Waals surface area contributed by atoms with Gasteiger partial charge in [-0.05, 0) is 25.2 Å². The highest BCUT2D eigenvalue weighted by atomic mass is 32.1. The number of ether oxygens (including phenoxy) is 1. The molecular weight excluding hydrogens is 272 g/mol. The van der Waals surface area contributed by atoms with Gasteiger partial charge in [0, 0.05) is 11.6 Å². The third kappa shape index (κ3) is 2.77. The van der Waals surface area contributed by atoms with Crippen LogP contribution in [-0.2, 0) is 4.74 Å². The van der Waals surface area contributed by atoms with Crippen LogP contribution < -0.4 is 0 Å². The van der Waals surface area contributed by atoms with E-state index in [-0.39, 0.29) is 5.41 Å². The number of methoxy groups -OCH3 is 1. The number of aromatic nitrogens is 2. The lowest BCUT2D eigenvalue weighted by Crippen LogP contribution is -2.28. The molecule has 2 rings (SSSR count). The molecule has 110 valence electrons. The Kier molecular flexibility index (Phi) is 4.28. The molecule has 20 heavy (non-hydrogen) atoms. The minimum atomic E-state index is -0.425. The summed E-state index contributed by atoms with van der Waals surface area (Å²) in [5.41, 5.74) is 1.33. The highest BCUT2D eigenvalue weighted by Gasteiger charge is 2.35. The first-order valence-electron chi connectivity index (χ1n) is 7.06. The van der Waals surface area contributed by atoms with Gasteiger partial charge < -0.3 is 9.72 Å². The molecule has 1 atom stereocenters. The van der Waals surface area contributed by atoms with E-state index in [1.165, 1.54) is 26.4 Å². The fourth-order valence-corrected chi connectivity index (χ4v) is 3.45. The number of nitrogens with one attached hydrogen (secondary N) is 1. The van der Waals surface area contributed by atoms with Crippen molar-refractivity contribution in [3.05, 3.63) is 21.7 Å². The quantitative estimate of drug-likeness (QED) is 0.663. The average molecular weight is 294 g/mol. The molecule has 1 aromatic heterocycles.